The maximum atomic E-state index is 12.8. The Labute approximate surface area is 171 Å². The molecule has 2 N–H and O–H groups in total. The number of rotatable bonds is 6. The van der Waals surface area contributed by atoms with Crippen LogP contribution in [-0.2, 0) is 16.6 Å². The lowest BCUT2D eigenvalue weighted by Gasteiger charge is -2.10. The largest absolute Gasteiger partial charge is 0.348 e. The average Bonchev–Trinajstić information content (AvgIpc) is 3.21. The van der Waals surface area contributed by atoms with Gasteiger partial charge in [-0.15, -0.1) is 0 Å². The van der Waals surface area contributed by atoms with Gasteiger partial charge in [-0.1, -0.05) is 42.5 Å². The molecule has 0 saturated heterocycles. The van der Waals surface area contributed by atoms with Gasteiger partial charge in [0.15, 0.2) is 0 Å². The van der Waals surface area contributed by atoms with E-state index in [0.29, 0.717) is 23.1 Å². The Morgan fingerprint density at radius 3 is 2.55 bits per heavy atom. The van der Waals surface area contributed by atoms with Crippen molar-refractivity contribution in [3.8, 4) is 0 Å². The van der Waals surface area contributed by atoms with Gasteiger partial charge >= 0.3 is 0 Å². The van der Waals surface area contributed by atoms with Crippen LogP contribution < -0.4 is 10.0 Å². The van der Waals surface area contributed by atoms with E-state index in [0.717, 1.165) is 17.3 Å². The number of carbonyl (C=O) groups excluding carboxylic acids is 1. The highest BCUT2D eigenvalue weighted by Gasteiger charge is 2.20. The lowest BCUT2D eigenvalue weighted by Crippen LogP contribution is -2.23. The number of amides is 1. The summed E-state index contributed by atoms with van der Waals surface area (Å²) >= 11 is 0.954. The fourth-order valence-electron chi connectivity index (χ4n) is 2.81. The van der Waals surface area contributed by atoms with Crippen molar-refractivity contribution < 1.29 is 13.2 Å². The minimum Gasteiger partial charge on any atom is -0.348 e. The maximum Gasteiger partial charge on any atom is 0.264 e. The first-order chi connectivity index (χ1) is 14.0. The molecule has 0 spiro atoms. The first-order valence-electron chi connectivity index (χ1n) is 8.69. The predicted molar refractivity (Wildman–Crippen MR) is 112 cm³/mol. The van der Waals surface area contributed by atoms with Crippen LogP contribution in [0.1, 0.15) is 15.9 Å². The van der Waals surface area contributed by atoms with Crippen LogP contribution in [0.15, 0.2) is 77.7 Å². The molecule has 0 radical (unpaired) electrons. The molecule has 1 heterocycles. The molecule has 0 fully saturated rings. The first kappa shape index (κ1) is 19.0. The molecular formula is C20H16N4O3S2. The molecule has 0 aliphatic rings. The van der Waals surface area contributed by atoms with E-state index >= 15 is 0 Å². The normalized spacial score (nSPS) is 11.3. The topological polar surface area (TPSA) is 101 Å². The number of hydrogen-bond acceptors (Lipinski definition) is 6. The molecule has 0 saturated carbocycles. The minimum atomic E-state index is -3.89. The molecule has 1 aromatic heterocycles. The van der Waals surface area contributed by atoms with Crippen molar-refractivity contribution in [1.82, 2.24) is 14.1 Å². The van der Waals surface area contributed by atoms with Crippen LogP contribution in [0.4, 0.5) is 5.69 Å². The van der Waals surface area contributed by atoms with Crippen molar-refractivity contribution in [2.75, 3.05) is 4.72 Å². The molecule has 146 valence electrons. The van der Waals surface area contributed by atoms with Crippen LogP contribution in [0.5, 0.6) is 0 Å². The van der Waals surface area contributed by atoms with E-state index in [9.17, 15) is 13.2 Å². The highest BCUT2D eigenvalue weighted by Crippen LogP contribution is 2.24. The Bertz CT molecular complexity index is 1270. The summed E-state index contributed by atoms with van der Waals surface area (Å²) in [5.41, 5.74) is 2.46. The van der Waals surface area contributed by atoms with Crippen LogP contribution >= 0.6 is 11.7 Å². The Hall–Kier alpha value is -3.30. The number of sulfonamides is 1. The summed E-state index contributed by atoms with van der Waals surface area (Å²) in [5, 5.41) is 2.82. The van der Waals surface area contributed by atoms with Crippen LogP contribution in [0, 0.1) is 0 Å². The smallest absolute Gasteiger partial charge is 0.264 e. The van der Waals surface area contributed by atoms with Crippen molar-refractivity contribution in [2.45, 2.75) is 11.4 Å². The summed E-state index contributed by atoms with van der Waals surface area (Å²) in [5.74, 6) is -0.291. The van der Waals surface area contributed by atoms with E-state index in [4.69, 9.17) is 0 Å². The third-order valence-electron chi connectivity index (χ3n) is 4.21. The lowest BCUT2D eigenvalue weighted by molar-refractivity contribution is 0.0951. The van der Waals surface area contributed by atoms with Gasteiger partial charge in [0.2, 0.25) is 0 Å². The number of anilines is 1. The molecule has 7 nitrogen and oxygen atoms in total. The van der Waals surface area contributed by atoms with Crippen molar-refractivity contribution in [3.63, 3.8) is 0 Å². The van der Waals surface area contributed by atoms with Crippen LogP contribution in [0.3, 0.4) is 0 Å². The average molecular weight is 425 g/mol. The summed E-state index contributed by atoms with van der Waals surface area (Å²) in [4.78, 5) is 12.5. The van der Waals surface area contributed by atoms with Gasteiger partial charge < -0.3 is 5.32 Å². The summed E-state index contributed by atoms with van der Waals surface area (Å²) in [6.07, 6.45) is 0. The summed E-state index contributed by atoms with van der Waals surface area (Å²) in [7, 11) is -3.89. The number of benzene rings is 3. The zero-order valence-corrected chi connectivity index (χ0v) is 16.7. The second-order valence-corrected chi connectivity index (χ2v) is 8.42. The van der Waals surface area contributed by atoms with Crippen LogP contribution in [-0.4, -0.2) is 23.1 Å². The molecule has 4 aromatic rings. The molecule has 0 aliphatic carbocycles. The fourth-order valence-corrected chi connectivity index (χ4v) is 4.63. The van der Waals surface area contributed by atoms with Gasteiger partial charge in [0.05, 0.1) is 11.7 Å². The zero-order valence-electron chi connectivity index (χ0n) is 15.1. The van der Waals surface area contributed by atoms with E-state index in [2.05, 4.69) is 18.8 Å². The second kappa shape index (κ2) is 7.98. The molecule has 0 aliphatic heterocycles. The van der Waals surface area contributed by atoms with Crippen molar-refractivity contribution in [1.29, 1.82) is 0 Å². The minimum absolute atomic E-state index is 0.0442. The molecule has 0 bridgehead atoms. The van der Waals surface area contributed by atoms with Crippen molar-refractivity contribution in [3.05, 3.63) is 83.9 Å². The second-order valence-electron chi connectivity index (χ2n) is 6.24. The number of nitrogens with one attached hydrogen (secondary N) is 2. The van der Waals surface area contributed by atoms with Gasteiger partial charge in [0, 0.05) is 17.8 Å². The first-order valence-corrected chi connectivity index (χ1v) is 10.9. The highest BCUT2D eigenvalue weighted by atomic mass is 32.2. The third kappa shape index (κ3) is 4.25. The number of aromatic nitrogens is 2. The molecule has 0 unspecified atom stereocenters. The highest BCUT2D eigenvalue weighted by molar-refractivity contribution is 7.93. The molecule has 0 atom stereocenters. The SMILES string of the molecule is O=C(NCc1ccccc1)c1cccc(NS(=O)(=O)c2cccc3nsnc23)c1. The molecule has 3 aromatic carbocycles. The third-order valence-corrected chi connectivity index (χ3v) is 6.17. The summed E-state index contributed by atoms with van der Waals surface area (Å²) < 4.78 is 36.3. The number of carbonyl (C=O) groups is 1. The predicted octanol–water partition coefficient (Wildman–Crippen LogP) is 3.42. The van der Waals surface area contributed by atoms with Crippen LogP contribution in [0.25, 0.3) is 11.0 Å². The Balaban J connectivity index is 1.52. The fraction of sp³-hybridized carbons (Fsp3) is 0.0500. The van der Waals surface area contributed by atoms with Gasteiger partial charge in [-0.3, -0.25) is 9.52 Å². The van der Waals surface area contributed by atoms with Gasteiger partial charge in [-0.25, -0.2) is 8.42 Å². The van der Waals surface area contributed by atoms with E-state index in [-0.39, 0.29) is 16.5 Å². The number of fused-ring (bicyclic) bond motifs is 1. The lowest BCUT2D eigenvalue weighted by atomic mass is 10.2. The van der Waals surface area contributed by atoms with E-state index in [1.807, 2.05) is 30.3 Å². The van der Waals surface area contributed by atoms with Gasteiger partial charge in [-0.05, 0) is 35.9 Å². The quantitative estimate of drug-likeness (QED) is 0.494. The van der Waals surface area contributed by atoms with Crippen LogP contribution in [0.2, 0.25) is 0 Å². The molecular weight excluding hydrogens is 408 g/mol. The van der Waals surface area contributed by atoms with Gasteiger partial charge in [0.1, 0.15) is 15.9 Å². The molecule has 4 rings (SSSR count). The number of nitrogens with zero attached hydrogens (tertiary/aromatic N) is 2. The summed E-state index contributed by atoms with van der Waals surface area (Å²) in [6, 6.07) is 20.7. The van der Waals surface area contributed by atoms with E-state index in [1.54, 1.807) is 30.3 Å². The number of hydrogen-bond donors (Lipinski definition) is 2. The Kier molecular flexibility index (Phi) is 5.24. The Morgan fingerprint density at radius 1 is 0.931 bits per heavy atom. The molecule has 1 amide bonds. The zero-order chi connectivity index (χ0) is 20.3. The molecule has 29 heavy (non-hydrogen) atoms. The van der Waals surface area contributed by atoms with Gasteiger partial charge in [-0.2, -0.15) is 8.75 Å². The molecule has 9 heteroatoms. The van der Waals surface area contributed by atoms with E-state index in [1.165, 1.54) is 12.1 Å². The van der Waals surface area contributed by atoms with E-state index < -0.39 is 10.0 Å². The monoisotopic (exact) mass is 424 g/mol. The summed E-state index contributed by atoms with van der Waals surface area (Å²) in [6.45, 7) is 0.383. The Morgan fingerprint density at radius 2 is 1.72 bits per heavy atom. The van der Waals surface area contributed by atoms with Crippen molar-refractivity contribution in [2.24, 2.45) is 0 Å². The van der Waals surface area contributed by atoms with Crippen molar-refractivity contribution >= 4 is 44.4 Å². The standard InChI is InChI=1S/C20H16N4O3S2/c25-20(21-13-14-6-2-1-3-7-14)15-8-4-9-16(12-15)24-29(26,27)18-11-5-10-17-19(18)23-28-22-17/h1-12,24H,13H2,(H,21,25). The maximum absolute atomic E-state index is 12.8. The van der Waals surface area contributed by atoms with Gasteiger partial charge in [0.25, 0.3) is 15.9 Å².